The highest BCUT2D eigenvalue weighted by Crippen LogP contribution is 2.27. The molecule has 7 heteroatoms. The zero-order chi connectivity index (χ0) is 17.9. The smallest absolute Gasteiger partial charge is 0.239 e. The van der Waals surface area contributed by atoms with Gasteiger partial charge in [-0.25, -0.2) is 9.97 Å². The van der Waals surface area contributed by atoms with Crippen molar-refractivity contribution >= 4 is 45.2 Å². The quantitative estimate of drug-likeness (QED) is 0.488. The molecule has 1 amide bonds. The van der Waals surface area contributed by atoms with Crippen molar-refractivity contribution in [2.75, 3.05) is 5.32 Å². The lowest BCUT2D eigenvalue weighted by Crippen LogP contribution is -2.22. The molecule has 0 bridgehead atoms. The van der Waals surface area contributed by atoms with Gasteiger partial charge in [0.2, 0.25) is 5.91 Å². The van der Waals surface area contributed by atoms with E-state index in [9.17, 15) is 4.79 Å². The Balaban J connectivity index is 1.42. The Hall–Kier alpha value is -2.64. The standard InChI is InChI=1S/C19H16N4OS2/c1-12(26-19-20-14-9-5-6-10-15(14)21-19)17(24)23-18-22-16(11-25-18)13-7-3-2-4-8-13/h2-12H,1H3,(H,20,21)(H,22,23,24)/t12-/m1/s1. The number of carbonyl (C=O) groups excluding carboxylic acids is 1. The summed E-state index contributed by atoms with van der Waals surface area (Å²) in [6.07, 6.45) is 0. The molecule has 0 saturated heterocycles. The molecule has 2 aromatic carbocycles. The predicted octanol–water partition coefficient (Wildman–Crippen LogP) is 4.81. The number of amides is 1. The molecule has 5 nitrogen and oxygen atoms in total. The van der Waals surface area contributed by atoms with Crippen molar-refractivity contribution in [3.63, 3.8) is 0 Å². The topological polar surface area (TPSA) is 70.7 Å². The number of carbonyl (C=O) groups is 1. The second kappa shape index (κ2) is 7.31. The number of aromatic nitrogens is 3. The number of fused-ring (bicyclic) bond motifs is 1. The van der Waals surface area contributed by atoms with Crippen molar-refractivity contribution in [3.05, 3.63) is 60.0 Å². The van der Waals surface area contributed by atoms with E-state index in [4.69, 9.17) is 0 Å². The first-order chi connectivity index (χ1) is 12.7. The number of H-pyrrole nitrogens is 1. The van der Waals surface area contributed by atoms with Gasteiger partial charge < -0.3 is 10.3 Å². The highest BCUT2D eigenvalue weighted by Gasteiger charge is 2.18. The molecule has 0 spiro atoms. The Morgan fingerprint density at radius 3 is 2.69 bits per heavy atom. The fourth-order valence-electron chi connectivity index (χ4n) is 2.49. The largest absolute Gasteiger partial charge is 0.333 e. The van der Waals surface area contributed by atoms with Crippen molar-refractivity contribution in [2.45, 2.75) is 17.3 Å². The Kier molecular flexibility index (Phi) is 4.73. The second-order valence-electron chi connectivity index (χ2n) is 5.71. The van der Waals surface area contributed by atoms with Gasteiger partial charge in [-0.05, 0) is 19.1 Å². The van der Waals surface area contributed by atoms with Gasteiger partial charge in [-0.3, -0.25) is 4.79 Å². The van der Waals surface area contributed by atoms with Crippen LogP contribution in [0.5, 0.6) is 0 Å². The zero-order valence-electron chi connectivity index (χ0n) is 14.0. The molecule has 26 heavy (non-hydrogen) atoms. The molecule has 0 saturated carbocycles. The van der Waals surface area contributed by atoms with Crippen LogP contribution in [0.2, 0.25) is 0 Å². The van der Waals surface area contributed by atoms with Crippen molar-refractivity contribution in [3.8, 4) is 11.3 Å². The van der Waals surface area contributed by atoms with Crippen LogP contribution in [-0.2, 0) is 4.79 Å². The molecule has 2 aromatic heterocycles. The van der Waals surface area contributed by atoms with E-state index >= 15 is 0 Å². The Labute approximate surface area is 158 Å². The molecule has 0 radical (unpaired) electrons. The number of para-hydroxylation sites is 2. The second-order valence-corrected chi connectivity index (χ2v) is 7.90. The summed E-state index contributed by atoms with van der Waals surface area (Å²) in [5.41, 5.74) is 3.77. The molecule has 2 N–H and O–H groups in total. The number of nitrogens with zero attached hydrogens (tertiary/aromatic N) is 2. The fourth-order valence-corrected chi connectivity index (χ4v) is 4.03. The van der Waals surface area contributed by atoms with Gasteiger partial charge in [-0.15, -0.1) is 11.3 Å². The summed E-state index contributed by atoms with van der Waals surface area (Å²) in [6.45, 7) is 1.86. The van der Waals surface area contributed by atoms with Gasteiger partial charge in [0.15, 0.2) is 10.3 Å². The summed E-state index contributed by atoms with van der Waals surface area (Å²) in [5, 5.41) is 5.88. The molecule has 0 aliphatic rings. The van der Waals surface area contributed by atoms with Crippen LogP contribution >= 0.6 is 23.1 Å². The molecule has 4 rings (SSSR count). The lowest BCUT2D eigenvalue weighted by molar-refractivity contribution is -0.115. The van der Waals surface area contributed by atoms with Crippen molar-refractivity contribution in [1.29, 1.82) is 0 Å². The average Bonchev–Trinajstić information content (AvgIpc) is 3.28. The Morgan fingerprint density at radius 2 is 1.88 bits per heavy atom. The third-order valence-electron chi connectivity index (χ3n) is 3.83. The van der Waals surface area contributed by atoms with Gasteiger partial charge in [-0.2, -0.15) is 0 Å². The SMILES string of the molecule is C[C@@H](Sc1nc2ccccc2[nH]1)C(=O)Nc1nc(-c2ccccc2)cs1. The summed E-state index contributed by atoms with van der Waals surface area (Å²) in [7, 11) is 0. The first-order valence-corrected chi connectivity index (χ1v) is 9.88. The predicted molar refractivity (Wildman–Crippen MR) is 108 cm³/mol. The zero-order valence-corrected chi connectivity index (χ0v) is 15.6. The van der Waals surface area contributed by atoms with E-state index in [1.807, 2.05) is 66.9 Å². The molecule has 1 atom stereocenters. The maximum absolute atomic E-state index is 12.5. The summed E-state index contributed by atoms with van der Waals surface area (Å²) in [5.74, 6) is -0.0931. The third kappa shape index (κ3) is 3.63. The van der Waals surface area contributed by atoms with Crippen LogP contribution in [0.4, 0.5) is 5.13 Å². The number of hydrogen-bond acceptors (Lipinski definition) is 5. The highest BCUT2D eigenvalue weighted by molar-refractivity contribution is 8.00. The van der Waals surface area contributed by atoms with Crippen molar-refractivity contribution in [1.82, 2.24) is 15.0 Å². The molecule has 0 fully saturated rings. The van der Waals surface area contributed by atoms with Gasteiger partial charge in [0.1, 0.15) is 0 Å². The van der Waals surface area contributed by atoms with Crippen molar-refractivity contribution in [2.24, 2.45) is 0 Å². The van der Waals surface area contributed by atoms with E-state index in [1.54, 1.807) is 0 Å². The van der Waals surface area contributed by atoms with Crippen LogP contribution in [0.15, 0.2) is 65.1 Å². The molecular weight excluding hydrogens is 364 g/mol. The van der Waals surface area contributed by atoms with Crippen LogP contribution in [-0.4, -0.2) is 26.1 Å². The lowest BCUT2D eigenvalue weighted by Gasteiger charge is -2.08. The fraction of sp³-hybridized carbons (Fsp3) is 0.105. The summed E-state index contributed by atoms with van der Waals surface area (Å²) in [6, 6.07) is 17.7. The van der Waals surface area contributed by atoms with E-state index in [2.05, 4.69) is 20.3 Å². The van der Waals surface area contributed by atoms with Gasteiger partial charge in [0, 0.05) is 10.9 Å². The molecule has 2 heterocycles. The summed E-state index contributed by atoms with van der Waals surface area (Å²) in [4.78, 5) is 24.7. The number of aromatic amines is 1. The summed E-state index contributed by atoms with van der Waals surface area (Å²) >= 11 is 2.82. The van der Waals surface area contributed by atoms with Crippen LogP contribution in [0.25, 0.3) is 22.3 Å². The van der Waals surface area contributed by atoms with Crippen LogP contribution in [0, 0.1) is 0 Å². The number of benzene rings is 2. The number of hydrogen-bond donors (Lipinski definition) is 2. The maximum atomic E-state index is 12.5. The minimum Gasteiger partial charge on any atom is -0.333 e. The first kappa shape index (κ1) is 16.8. The molecule has 0 aliphatic heterocycles. The Morgan fingerprint density at radius 1 is 1.12 bits per heavy atom. The first-order valence-electron chi connectivity index (χ1n) is 8.12. The van der Waals surface area contributed by atoms with Crippen LogP contribution < -0.4 is 5.32 Å². The van der Waals surface area contributed by atoms with E-state index in [0.29, 0.717) is 5.13 Å². The maximum Gasteiger partial charge on any atom is 0.239 e. The number of anilines is 1. The minimum absolute atomic E-state index is 0.0931. The monoisotopic (exact) mass is 380 g/mol. The molecule has 0 aliphatic carbocycles. The normalized spacial score (nSPS) is 12.2. The highest BCUT2D eigenvalue weighted by atomic mass is 32.2. The van der Waals surface area contributed by atoms with E-state index < -0.39 is 0 Å². The number of rotatable bonds is 5. The summed E-state index contributed by atoms with van der Waals surface area (Å²) < 4.78 is 0. The van der Waals surface area contributed by atoms with Gasteiger partial charge >= 0.3 is 0 Å². The van der Waals surface area contributed by atoms with Gasteiger partial charge in [0.05, 0.1) is 22.0 Å². The van der Waals surface area contributed by atoms with Crippen LogP contribution in [0.3, 0.4) is 0 Å². The van der Waals surface area contributed by atoms with Crippen molar-refractivity contribution < 1.29 is 4.79 Å². The lowest BCUT2D eigenvalue weighted by atomic mass is 10.2. The van der Waals surface area contributed by atoms with Crippen LogP contribution in [0.1, 0.15) is 6.92 Å². The number of nitrogens with one attached hydrogen (secondary N) is 2. The number of thioether (sulfide) groups is 1. The number of thiazole rings is 1. The third-order valence-corrected chi connectivity index (χ3v) is 5.57. The average molecular weight is 380 g/mol. The van der Waals surface area contributed by atoms with E-state index in [0.717, 1.165) is 27.4 Å². The van der Waals surface area contributed by atoms with E-state index in [1.165, 1.54) is 23.1 Å². The molecule has 0 unspecified atom stereocenters. The van der Waals surface area contributed by atoms with Gasteiger partial charge in [0.25, 0.3) is 0 Å². The Bertz CT molecular complexity index is 1010. The number of imidazole rings is 1. The molecular formula is C19H16N4OS2. The minimum atomic E-state index is -0.292. The molecule has 4 aromatic rings. The van der Waals surface area contributed by atoms with E-state index in [-0.39, 0.29) is 11.2 Å². The van der Waals surface area contributed by atoms with Gasteiger partial charge in [-0.1, -0.05) is 54.2 Å². The molecule has 130 valence electrons.